The van der Waals surface area contributed by atoms with Gasteiger partial charge in [-0.3, -0.25) is 0 Å². The third-order valence-electron chi connectivity index (χ3n) is 1.11. The average molecular weight is 281 g/mol. The van der Waals surface area contributed by atoms with E-state index < -0.39 is 0 Å². The minimum atomic E-state index is 0. The zero-order valence-corrected chi connectivity index (χ0v) is 13.7. The molecule has 85 valence electrons. The molecule has 0 amide bonds. The predicted octanol–water partition coefficient (Wildman–Crippen LogP) is 5.03. The molecule has 0 bridgehead atoms. The normalized spacial score (nSPS) is 6.93. The van der Waals surface area contributed by atoms with Crippen molar-refractivity contribution >= 4 is 6.08 Å². The van der Waals surface area contributed by atoms with Gasteiger partial charge >= 0.3 is 0 Å². The SMILES string of the molecule is CC.CC.[CH2-]C=Cc1ccccc1.[CH3-].[Y]. The van der Waals surface area contributed by atoms with Crippen LogP contribution in [0.5, 0.6) is 0 Å². The van der Waals surface area contributed by atoms with Gasteiger partial charge in [0.25, 0.3) is 0 Å². The second kappa shape index (κ2) is 23.6. The smallest absolute Gasteiger partial charge is 0 e. The summed E-state index contributed by atoms with van der Waals surface area (Å²) in [6.45, 7) is 11.6. The molecule has 0 nitrogen and oxygen atoms in total. The average Bonchev–Trinajstić information content (AvgIpc) is 2.26. The fraction of sp³-hybridized carbons (Fsp3) is 0.286. The first-order chi connectivity index (χ1) is 6.43. The van der Waals surface area contributed by atoms with E-state index in [0.29, 0.717) is 0 Å². The Labute approximate surface area is 122 Å². The van der Waals surface area contributed by atoms with Crippen LogP contribution in [0.1, 0.15) is 33.3 Å². The summed E-state index contributed by atoms with van der Waals surface area (Å²) in [5.41, 5.74) is 1.20. The van der Waals surface area contributed by atoms with Gasteiger partial charge in [-0.05, 0) is 0 Å². The summed E-state index contributed by atoms with van der Waals surface area (Å²) in [6, 6.07) is 10.1. The maximum atomic E-state index is 3.60. The molecule has 0 saturated carbocycles. The minimum absolute atomic E-state index is 0. The fourth-order valence-electron chi connectivity index (χ4n) is 0.700. The van der Waals surface area contributed by atoms with Crippen molar-refractivity contribution in [2.75, 3.05) is 0 Å². The number of benzene rings is 1. The summed E-state index contributed by atoms with van der Waals surface area (Å²) < 4.78 is 0. The first kappa shape index (κ1) is 24.3. The molecule has 0 spiro atoms. The van der Waals surface area contributed by atoms with Crippen LogP contribution in [-0.2, 0) is 32.7 Å². The van der Waals surface area contributed by atoms with E-state index in [2.05, 4.69) is 6.92 Å². The number of hydrogen-bond acceptors (Lipinski definition) is 0. The molecule has 1 aromatic carbocycles. The predicted molar refractivity (Wildman–Crippen MR) is 69.9 cm³/mol. The summed E-state index contributed by atoms with van der Waals surface area (Å²) in [7, 11) is 0. The van der Waals surface area contributed by atoms with Gasteiger partial charge in [0.05, 0.1) is 0 Å². The van der Waals surface area contributed by atoms with Gasteiger partial charge in [0, 0.05) is 32.7 Å². The Bertz CT molecular complexity index is 190. The van der Waals surface area contributed by atoms with Gasteiger partial charge in [-0.2, -0.15) is 0 Å². The van der Waals surface area contributed by atoms with Gasteiger partial charge in [0.15, 0.2) is 0 Å². The van der Waals surface area contributed by atoms with Crippen LogP contribution >= 0.6 is 0 Å². The van der Waals surface area contributed by atoms with Crippen LogP contribution in [0.2, 0.25) is 0 Å². The quantitative estimate of drug-likeness (QED) is 0.633. The molecule has 0 heterocycles. The van der Waals surface area contributed by atoms with Crippen LogP contribution in [0, 0.1) is 14.4 Å². The molecule has 1 aromatic rings. The molecule has 0 N–H and O–H groups in total. The minimum Gasteiger partial charge on any atom is -0.358 e. The Morgan fingerprint density at radius 2 is 1.33 bits per heavy atom. The van der Waals surface area contributed by atoms with Crippen molar-refractivity contribution in [3.05, 3.63) is 56.3 Å². The van der Waals surface area contributed by atoms with E-state index in [-0.39, 0.29) is 40.1 Å². The molecule has 0 saturated heterocycles. The van der Waals surface area contributed by atoms with Crippen LogP contribution in [0.15, 0.2) is 36.4 Å². The zero-order valence-electron chi connectivity index (χ0n) is 10.8. The number of hydrogen-bond donors (Lipinski definition) is 0. The topological polar surface area (TPSA) is 0 Å². The molecule has 0 aliphatic rings. The van der Waals surface area contributed by atoms with Crippen molar-refractivity contribution in [1.82, 2.24) is 0 Å². The molecule has 1 radical (unpaired) electrons. The molecule has 0 unspecified atom stereocenters. The van der Waals surface area contributed by atoms with Gasteiger partial charge in [0.1, 0.15) is 0 Å². The number of allylic oxidation sites excluding steroid dienone is 1. The molecule has 0 aliphatic heterocycles. The van der Waals surface area contributed by atoms with Gasteiger partial charge in [-0.25, -0.2) is 19.1 Å². The maximum absolute atomic E-state index is 3.60. The molecule has 1 rings (SSSR count). The van der Waals surface area contributed by atoms with Crippen molar-refractivity contribution in [1.29, 1.82) is 0 Å². The van der Waals surface area contributed by atoms with Gasteiger partial charge < -0.3 is 7.43 Å². The molecule has 0 aliphatic carbocycles. The van der Waals surface area contributed by atoms with Crippen molar-refractivity contribution in [3.63, 3.8) is 0 Å². The Hall–Kier alpha value is -0.0661. The van der Waals surface area contributed by atoms with Gasteiger partial charge in [0.2, 0.25) is 0 Å². The molecule has 0 atom stereocenters. The third kappa shape index (κ3) is 16.6. The Balaban J connectivity index is -0.0000000910. The monoisotopic (exact) mass is 281 g/mol. The number of rotatable bonds is 1. The summed E-state index contributed by atoms with van der Waals surface area (Å²) in [5, 5.41) is 0. The Kier molecular flexibility index (Phi) is 38.2. The van der Waals surface area contributed by atoms with E-state index in [0.717, 1.165) is 0 Å². The van der Waals surface area contributed by atoms with E-state index in [1.54, 1.807) is 6.08 Å². The van der Waals surface area contributed by atoms with E-state index in [4.69, 9.17) is 0 Å². The van der Waals surface area contributed by atoms with Gasteiger partial charge in [-0.15, -0.1) is 5.56 Å². The molecular formula is C14H24Y-2. The van der Waals surface area contributed by atoms with Crippen LogP contribution in [0.25, 0.3) is 6.08 Å². The molecular weight excluding hydrogens is 257 g/mol. The van der Waals surface area contributed by atoms with E-state index in [9.17, 15) is 0 Å². The van der Waals surface area contributed by atoms with Crippen molar-refractivity contribution in [3.8, 4) is 0 Å². The Morgan fingerprint density at radius 3 is 1.67 bits per heavy atom. The van der Waals surface area contributed by atoms with Crippen LogP contribution in [-0.4, -0.2) is 0 Å². The van der Waals surface area contributed by atoms with Crippen molar-refractivity contribution in [2.45, 2.75) is 27.7 Å². The van der Waals surface area contributed by atoms with Crippen LogP contribution < -0.4 is 0 Å². The third-order valence-corrected chi connectivity index (χ3v) is 1.11. The molecule has 0 fully saturated rings. The van der Waals surface area contributed by atoms with Crippen molar-refractivity contribution < 1.29 is 32.7 Å². The van der Waals surface area contributed by atoms with E-state index >= 15 is 0 Å². The first-order valence-electron chi connectivity index (χ1n) is 4.94. The first-order valence-corrected chi connectivity index (χ1v) is 4.94. The summed E-state index contributed by atoms with van der Waals surface area (Å²) in [5.74, 6) is 0. The summed E-state index contributed by atoms with van der Waals surface area (Å²) >= 11 is 0. The van der Waals surface area contributed by atoms with Crippen molar-refractivity contribution in [2.24, 2.45) is 0 Å². The molecule has 1 heteroatoms. The van der Waals surface area contributed by atoms with Gasteiger partial charge in [-0.1, -0.05) is 58.0 Å². The maximum Gasteiger partial charge on any atom is 0 e. The van der Waals surface area contributed by atoms with Crippen LogP contribution in [0.4, 0.5) is 0 Å². The molecule has 15 heavy (non-hydrogen) atoms. The fourth-order valence-corrected chi connectivity index (χ4v) is 0.700. The Morgan fingerprint density at radius 1 is 0.933 bits per heavy atom. The standard InChI is InChI=1S/C9H9.2C2H6.CH3.Y/c1-2-6-9-7-4-3-5-8-9;2*1-2;;/h2-8H,1H2;2*1-2H3;1H3;/q-1;;;-1;. The largest absolute Gasteiger partial charge is 0.358 e. The molecule has 0 aromatic heterocycles. The second-order valence-corrected chi connectivity index (χ2v) is 1.81. The van der Waals surface area contributed by atoms with E-state index in [1.165, 1.54) is 5.56 Å². The zero-order chi connectivity index (χ0) is 10.5. The second-order valence-electron chi connectivity index (χ2n) is 1.81. The van der Waals surface area contributed by atoms with E-state index in [1.807, 2.05) is 64.1 Å². The summed E-state index contributed by atoms with van der Waals surface area (Å²) in [6.07, 6.45) is 3.76. The summed E-state index contributed by atoms with van der Waals surface area (Å²) in [4.78, 5) is 0. The van der Waals surface area contributed by atoms with Crippen LogP contribution in [0.3, 0.4) is 0 Å².